The molecule has 10 rings (SSSR count). The summed E-state index contributed by atoms with van der Waals surface area (Å²) >= 11 is 0. The Kier molecular flexibility index (Phi) is 6.91. The molecule has 9 aromatic rings. The van der Waals surface area contributed by atoms with Crippen LogP contribution in [0.3, 0.4) is 0 Å². The van der Waals surface area contributed by atoms with Gasteiger partial charge in [-0.3, -0.25) is 0 Å². The molecule has 0 radical (unpaired) electrons. The summed E-state index contributed by atoms with van der Waals surface area (Å²) in [7, 11) is 0. The Morgan fingerprint density at radius 2 is 1.18 bits per heavy atom. The molecule has 2 aromatic heterocycles. The second-order valence-electron chi connectivity index (χ2n) is 13.1. The molecule has 0 saturated carbocycles. The van der Waals surface area contributed by atoms with E-state index in [-0.39, 0.29) is 0 Å². The van der Waals surface area contributed by atoms with Crippen LogP contribution in [0.4, 0.5) is 0 Å². The van der Waals surface area contributed by atoms with E-state index in [4.69, 9.17) is 19.4 Å². The SMILES string of the molecule is C1=CCC(c2ccc(-c3nc(-c4ccccc4)nc(-c4c(-c5ccc6c(ccc7ccccc76)c5)ccc5oc6ccccc6c45)n3)cc2)C=C1. The fourth-order valence-electron chi connectivity index (χ4n) is 7.51. The molecule has 0 amide bonds. The molecule has 0 bridgehead atoms. The Bertz CT molecular complexity index is 2830. The lowest BCUT2D eigenvalue weighted by Crippen LogP contribution is -2.02. The van der Waals surface area contributed by atoms with E-state index in [9.17, 15) is 0 Å². The molecule has 0 aliphatic heterocycles. The smallest absolute Gasteiger partial charge is 0.165 e. The number of para-hydroxylation sites is 1. The van der Waals surface area contributed by atoms with E-state index in [0.717, 1.165) is 56.2 Å². The second kappa shape index (κ2) is 12.0. The summed E-state index contributed by atoms with van der Waals surface area (Å²) in [5, 5.41) is 6.90. The zero-order valence-corrected chi connectivity index (χ0v) is 27.7. The number of fused-ring (bicyclic) bond motifs is 6. The highest BCUT2D eigenvalue weighted by Crippen LogP contribution is 2.43. The van der Waals surface area contributed by atoms with E-state index in [1.807, 2.05) is 30.3 Å². The third kappa shape index (κ3) is 5.12. The van der Waals surface area contributed by atoms with E-state index in [2.05, 4.69) is 140 Å². The molecule has 51 heavy (non-hydrogen) atoms. The highest BCUT2D eigenvalue weighted by atomic mass is 16.3. The molecule has 4 heteroatoms. The number of aromatic nitrogens is 3. The van der Waals surface area contributed by atoms with Gasteiger partial charge in [0.25, 0.3) is 0 Å². The third-order valence-corrected chi connectivity index (χ3v) is 10.1. The molecule has 7 aromatic carbocycles. The van der Waals surface area contributed by atoms with Gasteiger partial charge in [0, 0.05) is 33.4 Å². The summed E-state index contributed by atoms with van der Waals surface area (Å²) in [5.74, 6) is 2.23. The van der Waals surface area contributed by atoms with Gasteiger partial charge >= 0.3 is 0 Å². The molecule has 1 unspecified atom stereocenters. The van der Waals surface area contributed by atoms with Crippen molar-refractivity contribution in [3.05, 3.63) is 175 Å². The maximum Gasteiger partial charge on any atom is 0.165 e. The molecule has 2 heterocycles. The van der Waals surface area contributed by atoms with Crippen LogP contribution in [-0.4, -0.2) is 15.0 Å². The first kappa shape index (κ1) is 29.3. The molecular weight excluding hydrogens is 623 g/mol. The monoisotopic (exact) mass is 653 g/mol. The van der Waals surface area contributed by atoms with Gasteiger partial charge in [-0.25, -0.2) is 15.0 Å². The summed E-state index contributed by atoms with van der Waals surface area (Å²) in [4.78, 5) is 15.6. The van der Waals surface area contributed by atoms with Crippen molar-refractivity contribution in [1.82, 2.24) is 15.0 Å². The minimum atomic E-state index is 0.368. The Labute approximate surface area is 295 Å². The topological polar surface area (TPSA) is 51.8 Å². The maximum atomic E-state index is 6.44. The quantitative estimate of drug-likeness (QED) is 0.173. The first-order chi connectivity index (χ1) is 25.3. The number of furan rings is 1. The van der Waals surface area contributed by atoms with Crippen LogP contribution in [0.15, 0.2) is 174 Å². The molecule has 0 N–H and O–H groups in total. The molecule has 4 nitrogen and oxygen atoms in total. The van der Waals surface area contributed by atoms with Crippen LogP contribution in [0.5, 0.6) is 0 Å². The molecular formula is C47H31N3O. The Balaban J connectivity index is 1.22. The zero-order valence-electron chi connectivity index (χ0n) is 27.7. The molecule has 1 aliphatic rings. The van der Waals surface area contributed by atoms with Gasteiger partial charge in [0.05, 0.1) is 0 Å². The Morgan fingerprint density at radius 1 is 0.490 bits per heavy atom. The van der Waals surface area contributed by atoms with Crippen molar-refractivity contribution >= 4 is 43.5 Å². The van der Waals surface area contributed by atoms with E-state index in [1.54, 1.807) is 0 Å². The van der Waals surface area contributed by atoms with Crippen LogP contribution in [-0.2, 0) is 0 Å². The molecule has 1 atom stereocenters. The number of hydrogen-bond donors (Lipinski definition) is 0. The van der Waals surface area contributed by atoms with Crippen LogP contribution < -0.4 is 0 Å². The van der Waals surface area contributed by atoms with Gasteiger partial charge in [-0.2, -0.15) is 0 Å². The van der Waals surface area contributed by atoms with Crippen molar-refractivity contribution in [3.63, 3.8) is 0 Å². The number of nitrogens with zero attached hydrogens (tertiary/aromatic N) is 3. The first-order valence-corrected chi connectivity index (χ1v) is 17.4. The average molecular weight is 654 g/mol. The molecule has 240 valence electrons. The standard InChI is InChI=1S/C47H31N3O/c1-3-11-30(12-4-1)31-19-22-34(23-20-31)46-48-45(33-14-5-2-6-15-33)49-47(50-46)44-39(27-28-42-43(44)40-17-9-10-18-41(40)51-42)36-25-26-38-35(29-36)24-21-32-13-7-8-16-37(32)38/h1-11,13-30H,12H2. The van der Waals surface area contributed by atoms with Crippen LogP contribution in [0, 0.1) is 0 Å². The van der Waals surface area contributed by atoms with Gasteiger partial charge in [-0.1, -0.05) is 146 Å². The van der Waals surface area contributed by atoms with Gasteiger partial charge in [0.1, 0.15) is 11.2 Å². The molecule has 1 aliphatic carbocycles. The predicted octanol–water partition coefficient (Wildman–Crippen LogP) is 12.3. The minimum Gasteiger partial charge on any atom is -0.456 e. The van der Waals surface area contributed by atoms with Crippen LogP contribution in [0.2, 0.25) is 0 Å². The summed E-state index contributed by atoms with van der Waals surface area (Å²) in [6.07, 6.45) is 9.72. The van der Waals surface area contributed by atoms with Crippen LogP contribution >= 0.6 is 0 Å². The normalized spacial score (nSPS) is 14.2. The van der Waals surface area contributed by atoms with Gasteiger partial charge in [-0.05, 0) is 68.9 Å². The van der Waals surface area contributed by atoms with Crippen LogP contribution in [0.1, 0.15) is 17.9 Å². The summed E-state index contributed by atoms with van der Waals surface area (Å²) in [6.45, 7) is 0. The zero-order chi connectivity index (χ0) is 33.7. The second-order valence-corrected chi connectivity index (χ2v) is 13.1. The minimum absolute atomic E-state index is 0.368. The maximum absolute atomic E-state index is 6.44. The summed E-state index contributed by atoms with van der Waals surface area (Å²) in [5.41, 5.74) is 7.82. The lowest BCUT2D eigenvalue weighted by molar-refractivity contribution is 0.669. The summed E-state index contributed by atoms with van der Waals surface area (Å²) < 4.78 is 6.44. The van der Waals surface area contributed by atoms with Gasteiger partial charge in [-0.15, -0.1) is 0 Å². The Morgan fingerprint density at radius 3 is 2.00 bits per heavy atom. The average Bonchev–Trinajstić information content (AvgIpc) is 3.59. The van der Waals surface area contributed by atoms with Crippen molar-refractivity contribution in [2.45, 2.75) is 12.3 Å². The molecule has 0 fully saturated rings. The first-order valence-electron chi connectivity index (χ1n) is 17.4. The van der Waals surface area contributed by atoms with Gasteiger partial charge in [0.15, 0.2) is 17.5 Å². The molecule has 0 saturated heterocycles. The largest absolute Gasteiger partial charge is 0.456 e. The fraction of sp³-hybridized carbons (Fsp3) is 0.0426. The van der Waals surface area contributed by atoms with Crippen molar-refractivity contribution in [2.75, 3.05) is 0 Å². The van der Waals surface area contributed by atoms with E-state index in [1.165, 1.54) is 27.1 Å². The van der Waals surface area contributed by atoms with E-state index in [0.29, 0.717) is 23.4 Å². The number of allylic oxidation sites excluding steroid dienone is 4. The third-order valence-electron chi connectivity index (χ3n) is 10.1. The van der Waals surface area contributed by atoms with Crippen molar-refractivity contribution in [3.8, 4) is 45.3 Å². The predicted molar refractivity (Wildman–Crippen MR) is 209 cm³/mol. The fourth-order valence-corrected chi connectivity index (χ4v) is 7.51. The van der Waals surface area contributed by atoms with E-state index < -0.39 is 0 Å². The van der Waals surface area contributed by atoms with Crippen molar-refractivity contribution in [1.29, 1.82) is 0 Å². The summed E-state index contributed by atoms with van der Waals surface area (Å²) in [6, 6.07) is 51.0. The number of benzene rings is 7. The van der Waals surface area contributed by atoms with Crippen LogP contribution in [0.25, 0.3) is 88.8 Å². The Hall–Kier alpha value is -6.65. The van der Waals surface area contributed by atoms with E-state index >= 15 is 0 Å². The lowest BCUT2D eigenvalue weighted by atomic mass is 9.92. The number of hydrogen-bond acceptors (Lipinski definition) is 4. The van der Waals surface area contributed by atoms with Gasteiger partial charge in [0.2, 0.25) is 0 Å². The highest BCUT2D eigenvalue weighted by molar-refractivity contribution is 6.16. The van der Waals surface area contributed by atoms with Crippen molar-refractivity contribution < 1.29 is 4.42 Å². The van der Waals surface area contributed by atoms with Crippen molar-refractivity contribution in [2.24, 2.45) is 0 Å². The highest BCUT2D eigenvalue weighted by Gasteiger charge is 2.22. The van der Waals surface area contributed by atoms with Gasteiger partial charge < -0.3 is 4.42 Å². The lowest BCUT2D eigenvalue weighted by Gasteiger charge is -2.15. The number of rotatable bonds is 5. The molecule has 0 spiro atoms.